The van der Waals surface area contributed by atoms with Crippen molar-refractivity contribution in [2.75, 3.05) is 10.5 Å². The first-order valence-electron chi connectivity index (χ1n) is 6.10. The first kappa shape index (κ1) is 13.0. The topological polar surface area (TPSA) is 62.0 Å². The summed E-state index contributed by atoms with van der Waals surface area (Å²) < 4.78 is 26.2. The van der Waals surface area contributed by atoms with Gasteiger partial charge in [-0.15, -0.1) is 0 Å². The highest BCUT2D eigenvalue weighted by Crippen LogP contribution is 2.22. The van der Waals surface area contributed by atoms with E-state index in [0.717, 1.165) is 22.9 Å². The smallest absolute Gasteiger partial charge is 0.232 e. The van der Waals surface area contributed by atoms with E-state index in [0.29, 0.717) is 12.1 Å². The number of aryl methyl sites for hydroxylation is 1. The number of aromatic amines is 1. The molecule has 2 rings (SSSR count). The van der Waals surface area contributed by atoms with Gasteiger partial charge in [-0.1, -0.05) is 13.3 Å². The Hall–Kier alpha value is -1.49. The van der Waals surface area contributed by atoms with Gasteiger partial charge in [-0.05, 0) is 37.1 Å². The fourth-order valence-electron chi connectivity index (χ4n) is 1.89. The molecule has 0 saturated carbocycles. The van der Waals surface area contributed by atoms with Gasteiger partial charge in [0, 0.05) is 22.8 Å². The third kappa shape index (κ3) is 2.85. The van der Waals surface area contributed by atoms with Gasteiger partial charge in [-0.25, -0.2) is 8.42 Å². The van der Waals surface area contributed by atoms with Crippen molar-refractivity contribution in [2.24, 2.45) is 0 Å². The molecule has 0 aliphatic carbocycles. The zero-order valence-corrected chi connectivity index (χ0v) is 11.5. The van der Waals surface area contributed by atoms with Gasteiger partial charge in [0.25, 0.3) is 0 Å². The second kappa shape index (κ2) is 5.02. The molecule has 1 aromatic carbocycles. The molecule has 2 aromatic rings. The second-order valence-corrected chi connectivity index (χ2v) is 6.35. The molecule has 0 saturated heterocycles. The summed E-state index contributed by atoms with van der Waals surface area (Å²) in [5, 5.41) is 1.05. The van der Waals surface area contributed by atoms with Crippen molar-refractivity contribution < 1.29 is 8.42 Å². The van der Waals surface area contributed by atoms with E-state index in [1.807, 2.05) is 32.2 Å². The summed E-state index contributed by atoms with van der Waals surface area (Å²) in [4.78, 5) is 3.13. The van der Waals surface area contributed by atoms with E-state index in [4.69, 9.17) is 0 Å². The fourth-order valence-corrected chi connectivity index (χ4v) is 3.15. The van der Waals surface area contributed by atoms with Crippen molar-refractivity contribution in [3.05, 3.63) is 30.0 Å². The van der Waals surface area contributed by atoms with Gasteiger partial charge < -0.3 is 4.98 Å². The van der Waals surface area contributed by atoms with Crippen molar-refractivity contribution in [1.29, 1.82) is 0 Å². The number of unbranched alkanes of at least 4 members (excludes halogenated alkanes) is 1. The summed E-state index contributed by atoms with van der Waals surface area (Å²) in [6.07, 6.45) is 3.47. The molecule has 0 fully saturated rings. The molecule has 1 aromatic heterocycles. The Kier molecular flexibility index (Phi) is 3.61. The molecule has 0 amide bonds. The van der Waals surface area contributed by atoms with Gasteiger partial charge in [0.1, 0.15) is 0 Å². The second-order valence-electron chi connectivity index (χ2n) is 4.51. The van der Waals surface area contributed by atoms with E-state index in [9.17, 15) is 8.42 Å². The summed E-state index contributed by atoms with van der Waals surface area (Å²) in [6, 6.07) is 5.53. The van der Waals surface area contributed by atoms with Gasteiger partial charge in [0.05, 0.1) is 5.75 Å². The van der Waals surface area contributed by atoms with E-state index in [-0.39, 0.29) is 5.75 Å². The van der Waals surface area contributed by atoms with Crippen LogP contribution >= 0.6 is 0 Å². The molecule has 5 heteroatoms. The van der Waals surface area contributed by atoms with E-state index in [1.54, 1.807) is 6.07 Å². The first-order valence-corrected chi connectivity index (χ1v) is 7.75. The van der Waals surface area contributed by atoms with E-state index < -0.39 is 10.0 Å². The van der Waals surface area contributed by atoms with Gasteiger partial charge >= 0.3 is 0 Å². The number of hydrogen-bond donors (Lipinski definition) is 2. The average molecular weight is 266 g/mol. The summed E-state index contributed by atoms with van der Waals surface area (Å²) in [6.45, 7) is 3.97. The zero-order valence-electron chi connectivity index (χ0n) is 10.7. The minimum atomic E-state index is -3.22. The van der Waals surface area contributed by atoms with Crippen LogP contribution in [0.25, 0.3) is 10.9 Å². The standard InChI is InChI=1S/C13H18N2O2S/c1-3-4-7-18(16,17)15-11-5-6-13-12(8-11)10(2)9-14-13/h5-6,8-9,14-15H,3-4,7H2,1-2H3. The Morgan fingerprint density at radius 2 is 2.11 bits per heavy atom. The van der Waals surface area contributed by atoms with Crippen LogP contribution in [0.15, 0.2) is 24.4 Å². The minimum Gasteiger partial charge on any atom is -0.361 e. The van der Waals surface area contributed by atoms with Crippen LogP contribution < -0.4 is 4.72 Å². The predicted molar refractivity (Wildman–Crippen MR) is 75.4 cm³/mol. The molecular weight excluding hydrogens is 248 g/mol. The molecule has 98 valence electrons. The van der Waals surface area contributed by atoms with Gasteiger partial charge in [-0.3, -0.25) is 4.72 Å². The van der Waals surface area contributed by atoms with Gasteiger partial charge in [0.2, 0.25) is 10.0 Å². The van der Waals surface area contributed by atoms with Crippen LogP contribution in [-0.4, -0.2) is 19.2 Å². The van der Waals surface area contributed by atoms with Gasteiger partial charge in [0.15, 0.2) is 0 Å². The minimum absolute atomic E-state index is 0.174. The molecule has 0 spiro atoms. The number of hydrogen-bond acceptors (Lipinski definition) is 2. The number of sulfonamides is 1. The van der Waals surface area contributed by atoms with Crippen molar-refractivity contribution in [1.82, 2.24) is 4.98 Å². The lowest BCUT2D eigenvalue weighted by atomic mass is 10.2. The highest BCUT2D eigenvalue weighted by atomic mass is 32.2. The number of H-pyrrole nitrogens is 1. The van der Waals surface area contributed by atoms with Crippen LogP contribution in [0.5, 0.6) is 0 Å². The maximum Gasteiger partial charge on any atom is 0.232 e. The SMILES string of the molecule is CCCCS(=O)(=O)Nc1ccc2[nH]cc(C)c2c1. The highest BCUT2D eigenvalue weighted by molar-refractivity contribution is 7.92. The van der Waals surface area contributed by atoms with Crippen LogP contribution in [0.2, 0.25) is 0 Å². The molecule has 0 atom stereocenters. The van der Waals surface area contributed by atoms with Crippen LogP contribution in [0.4, 0.5) is 5.69 Å². The average Bonchev–Trinajstić information content (AvgIpc) is 2.68. The maximum atomic E-state index is 11.8. The summed E-state index contributed by atoms with van der Waals surface area (Å²) in [7, 11) is -3.22. The summed E-state index contributed by atoms with van der Waals surface area (Å²) >= 11 is 0. The van der Waals surface area contributed by atoms with E-state index >= 15 is 0 Å². The summed E-state index contributed by atoms with van der Waals surface area (Å²) in [5.74, 6) is 0.174. The van der Waals surface area contributed by atoms with Crippen molar-refractivity contribution in [3.8, 4) is 0 Å². The third-order valence-corrected chi connectivity index (χ3v) is 4.30. The quantitative estimate of drug-likeness (QED) is 0.873. The largest absolute Gasteiger partial charge is 0.361 e. The molecule has 0 unspecified atom stereocenters. The Bertz CT molecular complexity index is 644. The van der Waals surface area contributed by atoms with Crippen LogP contribution in [-0.2, 0) is 10.0 Å². The van der Waals surface area contributed by atoms with Crippen molar-refractivity contribution >= 4 is 26.6 Å². The molecule has 0 bridgehead atoms. The lowest BCUT2D eigenvalue weighted by Crippen LogP contribution is -2.16. The Labute approximate surface area is 107 Å². The number of aromatic nitrogens is 1. The van der Waals surface area contributed by atoms with Crippen LogP contribution in [0.3, 0.4) is 0 Å². The Morgan fingerprint density at radius 3 is 2.83 bits per heavy atom. The summed E-state index contributed by atoms with van der Waals surface area (Å²) in [5.41, 5.74) is 2.75. The molecule has 2 N–H and O–H groups in total. The number of rotatable bonds is 5. The van der Waals surface area contributed by atoms with Crippen LogP contribution in [0, 0.1) is 6.92 Å². The van der Waals surface area contributed by atoms with E-state index in [1.165, 1.54) is 0 Å². The lowest BCUT2D eigenvalue weighted by molar-refractivity contribution is 0.598. The number of fused-ring (bicyclic) bond motifs is 1. The highest BCUT2D eigenvalue weighted by Gasteiger charge is 2.10. The zero-order chi connectivity index (χ0) is 13.2. The van der Waals surface area contributed by atoms with Gasteiger partial charge in [-0.2, -0.15) is 0 Å². The third-order valence-electron chi connectivity index (χ3n) is 2.93. The van der Waals surface area contributed by atoms with Crippen LogP contribution in [0.1, 0.15) is 25.3 Å². The first-order chi connectivity index (χ1) is 8.52. The Morgan fingerprint density at radius 1 is 1.33 bits per heavy atom. The molecule has 4 nitrogen and oxygen atoms in total. The number of benzene rings is 1. The molecule has 0 aliphatic rings. The molecule has 18 heavy (non-hydrogen) atoms. The fraction of sp³-hybridized carbons (Fsp3) is 0.385. The maximum absolute atomic E-state index is 11.8. The monoisotopic (exact) mass is 266 g/mol. The predicted octanol–water partition coefficient (Wildman–Crippen LogP) is 3.02. The molecular formula is C13H18N2O2S. The normalized spacial score (nSPS) is 11.9. The lowest BCUT2D eigenvalue weighted by Gasteiger charge is -2.07. The van der Waals surface area contributed by atoms with Crippen molar-refractivity contribution in [2.45, 2.75) is 26.7 Å². The van der Waals surface area contributed by atoms with E-state index in [2.05, 4.69) is 9.71 Å². The number of anilines is 1. The number of nitrogens with one attached hydrogen (secondary N) is 2. The molecule has 0 aliphatic heterocycles. The Balaban J connectivity index is 2.24. The van der Waals surface area contributed by atoms with Crippen molar-refractivity contribution in [3.63, 3.8) is 0 Å². The molecule has 0 radical (unpaired) electrons. The molecule has 1 heterocycles.